The lowest BCUT2D eigenvalue weighted by Gasteiger charge is -2.12. The van der Waals surface area contributed by atoms with Crippen molar-refractivity contribution >= 4 is 5.91 Å². The largest absolute Gasteiger partial charge is 0.436 e. The van der Waals surface area contributed by atoms with E-state index >= 15 is 0 Å². The number of carbonyl (C=O) groups is 1. The van der Waals surface area contributed by atoms with E-state index in [2.05, 4.69) is 17.0 Å². The molecule has 0 unspecified atom stereocenters. The maximum absolute atomic E-state index is 14.3. The molecule has 0 atom stereocenters. The molecule has 1 N–H and O–H groups in total. The zero-order valence-corrected chi connectivity index (χ0v) is 16.9. The Kier molecular flexibility index (Phi) is 6.61. The minimum atomic E-state index is -0.820. The maximum Gasteiger partial charge on any atom is 0.226 e. The van der Waals surface area contributed by atoms with Crippen LogP contribution >= 0.6 is 0 Å². The molecule has 0 aliphatic heterocycles. The van der Waals surface area contributed by atoms with Crippen LogP contribution in [-0.2, 0) is 11.2 Å². The molecular formula is C23H23F2N3O2. The summed E-state index contributed by atoms with van der Waals surface area (Å²) in [6, 6.07) is 10.7. The summed E-state index contributed by atoms with van der Waals surface area (Å²) in [7, 11) is 0. The topological polar surface area (TPSA) is 56.2 Å². The van der Waals surface area contributed by atoms with Crippen LogP contribution in [0.25, 0.3) is 5.69 Å². The van der Waals surface area contributed by atoms with Crippen LogP contribution in [0.1, 0.15) is 23.2 Å². The minimum absolute atomic E-state index is 0.123. The fourth-order valence-corrected chi connectivity index (χ4v) is 3.04. The van der Waals surface area contributed by atoms with E-state index in [-0.39, 0.29) is 18.1 Å². The molecular weight excluding hydrogens is 388 g/mol. The Morgan fingerprint density at radius 1 is 1.23 bits per heavy atom. The van der Waals surface area contributed by atoms with Gasteiger partial charge in [0, 0.05) is 24.6 Å². The van der Waals surface area contributed by atoms with Crippen molar-refractivity contribution in [1.82, 2.24) is 15.1 Å². The molecule has 0 spiro atoms. The summed E-state index contributed by atoms with van der Waals surface area (Å²) in [6.45, 7) is 7.71. The fraction of sp³-hybridized carbons (Fsp3) is 0.217. The second-order valence-corrected chi connectivity index (χ2v) is 6.89. The highest BCUT2D eigenvalue weighted by atomic mass is 19.1. The van der Waals surface area contributed by atoms with Gasteiger partial charge in [0.2, 0.25) is 11.8 Å². The molecule has 7 heteroatoms. The molecule has 30 heavy (non-hydrogen) atoms. The van der Waals surface area contributed by atoms with Crippen LogP contribution in [0.4, 0.5) is 8.78 Å². The van der Waals surface area contributed by atoms with E-state index in [1.807, 2.05) is 31.2 Å². The van der Waals surface area contributed by atoms with Crippen LogP contribution < -0.4 is 10.1 Å². The monoisotopic (exact) mass is 411 g/mol. The number of aryl methyl sites for hydroxylation is 2. The Bertz CT molecular complexity index is 1080. The summed E-state index contributed by atoms with van der Waals surface area (Å²) in [4.78, 5) is 12.0. The molecule has 0 bridgehead atoms. The number of hydrogen-bond acceptors (Lipinski definition) is 3. The van der Waals surface area contributed by atoms with Gasteiger partial charge in [-0.05, 0) is 50.1 Å². The van der Waals surface area contributed by atoms with E-state index in [0.717, 1.165) is 23.4 Å². The van der Waals surface area contributed by atoms with Crippen LogP contribution in [0.5, 0.6) is 11.6 Å². The second-order valence-electron chi connectivity index (χ2n) is 6.89. The van der Waals surface area contributed by atoms with E-state index < -0.39 is 11.6 Å². The first-order chi connectivity index (χ1) is 14.4. The molecule has 0 aliphatic rings. The summed E-state index contributed by atoms with van der Waals surface area (Å²) in [5.41, 5.74) is 3.09. The molecule has 0 saturated heterocycles. The molecule has 1 amide bonds. The third kappa shape index (κ3) is 4.92. The highest BCUT2D eigenvalue weighted by Crippen LogP contribution is 2.33. The number of nitrogens with zero attached hydrogens (tertiary/aromatic N) is 2. The van der Waals surface area contributed by atoms with Crippen molar-refractivity contribution in [2.24, 2.45) is 0 Å². The normalized spacial score (nSPS) is 10.7. The number of ether oxygens (including phenoxy) is 1. The molecule has 5 nitrogen and oxygen atoms in total. The van der Waals surface area contributed by atoms with Gasteiger partial charge in [0.15, 0.2) is 11.6 Å². The molecule has 0 radical (unpaired) electrons. The lowest BCUT2D eigenvalue weighted by atomic mass is 10.1. The lowest BCUT2D eigenvalue weighted by molar-refractivity contribution is -0.120. The van der Waals surface area contributed by atoms with Gasteiger partial charge in [0.1, 0.15) is 5.82 Å². The zero-order chi connectivity index (χ0) is 21.7. The van der Waals surface area contributed by atoms with E-state index in [1.54, 1.807) is 17.7 Å². The van der Waals surface area contributed by atoms with Crippen LogP contribution in [-0.4, -0.2) is 22.2 Å². The third-order valence-electron chi connectivity index (χ3n) is 4.53. The van der Waals surface area contributed by atoms with Crippen molar-refractivity contribution in [3.05, 3.63) is 83.6 Å². The first kappa shape index (κ1) is 21.2. The van der Waals surface area contributed by atoms with Gasteiger partial charge in [-0.1, -0.05) is 18.2 Å². The average molecular weight is 411 g/mol. The van der Waals surface area contributed by atoms with E-state index in [9.17, 15) is 13.6 Å². The van der Waals surface area contributed by atoms with Gasteiger partial charge >= 0.3 is 0 Å². The third-order valence-corrected chi connectivity index (χ3v) is 4.53. The second kappa shape index (κ2) is 9.35. The van der Waals surface area contributed by atoms with E-state index in [0.29, 0.717) is 30.1 Å². The maximum atomic E-state index is 14.3. The lowest BCUT2D eigenvalue weighted by Crippen LogP contribution is -2.23. The quantitative estimate of drug-likeness (QED) is 0.542. The standard InChI is InChI=1S/C23H23F2N3O2/c1-4-12-26-22(29)11-9-19-16(3)27-28(18-7-5-6-15(2)13-18)23(19)30-21-10-8-17(24)14-20(21)25/h4-8,10,13-14H,1,9,11-12H2,2-3H3,(H,26,29). The van der Waals surface area contributed by atoms with Crippen LogP contribution in [0.2, 0.25) is 0 Å². The molecule has 3 rings (SSSR count). The minimum Gasteiger partial charge on any atom is -0.436 e. The predicted molar refractivity (Wildman–Crippen MR) is 111 cm³/mol. The van der Waals surface area contributed by atoms with Gasteiger partial charge in [-0.15, -0.1) is 6.58 Å². The van der Waals surface area contributed by atoms with Crippen molar-refractivity contribution in [3.8, 4) is 17.3 Å². The van der Waals surface area contributed by atoms with Crippen molar-refractivity contribution in [1.29, 1.82) is 0 Å². The molecule has 0 aliphatic carbocycles. The summed E-state index contributed by atoms with van der Waals surface area (Å²) in [5.74, 6) is -1.49. The molecule has 156 valence electrons. The Balaban J connectivity index is 2.00. The SMILES string of the molecule is C=CCNC(=O)CCc1c(C)nn(-c2cccc(C)c2)c1Oc1ccc(F)cc1F. The van der Waals surface area contributed by atoms with Crippen molar-refractivity contribution in [2.75, 3.05) is 6.54 Å². The van der Waals surface area contributed by atoms with Crippen LogP contribution in [0.3, 0.4) is 0 Å². The molecule has 2 aromatic carbocycles. The highest BCUT2D eigenvalue weighted by molar-refractivity contribution is 5.76. The summed E-state index contributed by atoms with van der Waals surface area (Å²) >= 11 is 0. The summed E-state index contributed by atoms with van der Waals surface area (Å²) in [5, 5.41) is 7.28. The number of rotatable bonds is 8. The number of nitrogens with one attached hydrogen (secondary N) is 1. The molecule has 0 fully saturated rings. The first-order valence-electron chi connectivity index (χ1n) is 9.55. The predicted octanol–water partition coefficient (Wildman–Crippen LogP) is 4.79. The number of hydrogen-bond donors (Lipinski definition) is 1. The average Bonchev–Trinajstić information content (AvgIpc) is 3.02. The van der Waals surface area contributed by atoms with Crippen LogP contribution in [0, 0.1) is 25.5 Å². The Morgan fingerprint density at radius 3 is 2.73 bits per heavy atom. The van der Waals surface area contributed by atoms with Crippen molar-refractivity contribution in [2.45, 2.75) is 26.7 Å². The molecule has 3 aromatic rings. The number of carbonyl (C=O) groups excluding carboxylic acids is 1. The van der Waals surface area contributed by atoms with Crippen molar-refractivity contribution in [3.63, 3.8) is 0 Å². The smallest absolute Gasteiger partial charge is 0.226 e. The number of amides is 1. The van der Waals surface area contributed by atoms with Gasteiger partial charge in [-0.3, -0.25) is 4.79 Å². The summed E-state index contributed by atoms with van der Waals surface area (Å²) in [6.07, 6.45) is 2.15. The Hall–Kier alpha value is -3.48. The number of halogens is 2. The highest BCUT2D eigenvalue weighted by Gasteiger charge is 2.21. The number of benzene rings is 2. The first-order valence-corrected chi connectivity index (χ1v) is 9.55. The Morgan fingerprint density at radius 2 is 2.03 bits per heavy atom. The fourth-order valence-electron chi connectivity index (χ4n) is 3.04. The molecule has 1 heterocycles. The van der Waals surface area contributed by atoms with Gasteiger partial charge in [0.05, 0.1) is 11.4 Å². The summed E-state index contributed by atoms with van der Waals surface area (Å²) < 4.78 is 35.0. The number of aromatic nitrogens is 2. The molecule has 0 saturated carbocycles. The van der Waals surface area contributed by atoms with Gasteiger partial charge < -0.3 is 10.1 Å². The van der Waals surface area contributed by atoms with Gasteiger partial charge in [-0.2, -0.15) is 5.10 Å². The van der Waals surface area contributed by atoms with E-state index in [1.165, 1.54) is 6.07 Å². The van der Waals surface area contributed by atoms with Gasteiger partial charge in [-0.25, -0.2) is 13.5 Å². The van der Waals surface area contributed by atoms with Crippen molar-refractivity contribution < 1.29 is 18.3 Å². The van der Waals surface area contributed by atoms with Gasteiger partial charge in [0.25, 0.3) is 0 Å². The Labute approximate surface area is 174 Å². The van der Waals surface area contributed by atoms with E-state index in [4.69, 9.17) is 4.74 Å². The zero-order valence-electron chi connectivity index (χ0n) is 16.9. The molecule has 1 aromatic heterocycles. The van der Waals surface area contributed by atoms with Crippen LogP contribution in [0.15, 0.2) is 55.1 Å².